The molecule has 0 aliphatic carbocycles. The number of hydrogen-bond acceptors (Lipinski definition) is 4. The van der Waals surface area contributed by atoms with Gasteiger partial charge in [-0.05, 0) is 31.2 Å². The molecular weight excluding hydrogens is 260 g/mol. The average Bonchev–Trinajstić information content (AvgIpc) is 2.48. The summed E-state index contributed by atoms with van der Waals surface area (Å²) in [5.74, 6) is 1.06. The molecule has 1 heterocycles. The molecule has 1 amide bonds. The van der Waals surface area contributed by atoms with Crippen LogP contribution < -0.4 is 10.1 Å². The Balaban J connectivity index is 1.91. The van der Waals surface area contributed by atoms with E-state index >= 15 is 0 Å². The number of amides is 1. The predicted molar refractivity (Wildman–Crippen MR) is 77.8 cm³/mol. The maximum absolute atomic E-state index is 12.3. The van der Waals surface area contributed by atoms with E-state index < -0.39 is 0 Å². The fourth-order valence-electron chi connectivity index (χ4n) is 2.05. The minimum absolute atomic E-state index is 0.0495. The van der Waals surface area contributed by atoms with E-state index in [1.807, 2.05) is 36.1 Å². The van der Waals surface area contributed by atoms with Crippen molar-refractivity contribution in [1.29, 1.82) is 0 Å². The highest BCUT2D eigenvalue weighted by Crippen LogP contribution is 2.26. The van der Waals surface area contributed by atoms with E-state index in [2.05, 4.69) is 5.32 Å². The van der Waals surface area contributed by atoms with Gasteiger partial charge in [0.25, 0.3) is 0 Å². The van der Waals surface area contributed by atoms with Crippen molar-refractivity contribution >= 4 is 17.7 Å². The normalized spacial score (nSPS) is 17.1. The maximum Gasteiger partial charge on any atom is 0.235 e. The molecule has 1 aliphatic heterocycles. The topological polar surface area (TPSA) is 41.6 Å². The van der Waals surface area contributed by atoms with Crippen molar-refractivity contribution in [3.05, 3.63) is 24.3 Å². The van der Waals surface area contributed by atoms with E-state index in [4.69, 9.17) is 4.74 Å². The molecule has 0 radical (unpaired) electrons. The first-order valence-electron chi connectivity index (χ1n) is 6.51. The monoisotopic (exact) mass is 280 g/mol. The second-order valence-electron chi connectivity index (χ2n) is 4.51. The first-order chi connectivity index (χ1) is 9.20. The molecule has 1 unspecified atom stereocenters. The lowest BCUT2D eigenvalue weighted by molar-refractivity contribution is -0.130. The molecule has 1 saturated heterocycles. The minimum Gasteiger partial charge on any atom is -0.497 e. The third kappa shape index (κ3) is 3.88. The third-order valence-electron chi connectivity index (χ3n) is 3.15. The van der Waals surface area contributed by atoms with E-state index in [0.29, 0.717) is 0 Å². The van der Waals surface area contributed by atoms with Crippen molar-refractivity contribution in [2.75, 3.05) is 33.3 Å². The number of thioether (sulfide) groups is 1. The molecule has 1 fully saturated rings. The Labute approximate surface area is 118 Å². The van der Waals surface area contributed by atoms with Gasteiger partial charge >= 0.3 is 0 Å². The summed E-state index contributed by atoms with van der Waals surface area (Å²) in [6.07, 6.45) is 0. The summed E-state index contributed by atoms with van der Waals surface area (Å²) in [4.78, 5) is 15.3. The summed E-state index contributed by atoms with van der Waals surface area (Å²) < 4.78 is 5.13. The number of piperazine rings is 1. The molecule has 1 N–H and O–H groups in total. The summed E-state index contributed by atoms with van der Waals surface area (Å²) in [5.41, 5.74) is 0. The fourth-order valence-corrected chi connectivity index (χ4v) is 3.00. The molecule has 0 saturated carbocycles. The molecule has 0 aromatic heterocycles. The summed E-state index contributed by atoms with van der Waals surface area (Å²) in [6.45, 7) is 5.38. The maximum atomic E-state index is 12.3. The zero-order valence-electron chi connectivity index (χ0n) is 11.4. The van der Waals surface area contributed by atoms with E-state index in [0.717, 1.165) is 36.8 Å². The Kier molecular flexibility index (Phi) is 5.10. The Morgan fingerprint density at radius 3 is 2.53 bits per heavy atom. The van der Waals surface area contributed by atoms with Crippen LogP contribution in [0, 0.1) is 0 Å². The molecule has 104 valence electrons. The number of hydrogen-bond donors (Lipinski definition) is 1. The Morgan fingerprint density at radius 1 is 1.32 bits per heavy atom. The number of methoxy groups -OCH3 is 1. The number of nitrogens with zero attached hydrogens (tertiary/aromatic N) is 1. The van der Waals surface area contributed by atoms with E-state index in [1.165, 1.54) is 0 Å². The number of carbonyl (C=O) groups is 1. The van der Waals surface area contributed by atoms with Gasteiger partial charge in [-0.2, -0.15) is 0 Å². The van der Waals surface area contributed by atoms with Gasteiger partial charge < -0.3 is 15.0 Å². The SMILES string of the molecule is COc1ccc(SC(C)C(=O)N2CCNCC2)cc1. The summed E-state index contributed by atoms with van der Waals surface area (Å²) in [7, 11) is 1.65. The van der Waals surface area contributed by atoms with Crippen LogP contribution in [0.2, 0.25) is 0 Å². The van der Waals surface area contributed by atoms with Crippen LogP contribution in [0.1, 0.15) is 6.92 Å². The van der Waals surface area contributed by atoms with Crippen LogP contribution in [0.15, 0.2) is 29.2 Å². The fraction of sp³-hybridized carbons (Fsp3) is 0.500. The molecule has 1 aliphatic rings. The first-order valence-corrected chi connectivity index (χ1v) is 7.39. The molecule has 1 aromatic rings. The molecule has 1 atom stereocenters. The van der Waals surface area contributed by atoms with Gasteiger partial charge in [0.15, 0.2) is 0 Å². The standard InChI is InChI=1S/C14H20N2O2S/c1-11(14(17)16-9-7-15-8-10-16)19-13-5-3-12(18-2)4-6-13/h3-6,11,15H,7-10H2,1-2H3. The lowest BCUT2D eigenvalue weighted by Crippen LogP contribution is -2.48. The van der Waals surface area contributed by atoms with Crippen LogP contribution in [0.5, 0.6) is 5.75 Å². The number of carbonyl (C=O) groups excluding carboxylic acids is 1. The van der Waals surface area contributed by atoms with Crippen LogP contribution in [0.4, 0.5) is 0 Å². The van der Waals surface area contributed by atoms with E-state index in [1.54, 1.807) is 18.9 Å². The largest absolute Gasteiger partial charge is 0.497 e. The van der Waals surface area contributed by atoms with Crippen LogP contribution >= 0.6 is 11.8 Å². The second-order valence-corrected chi connectivity index (χ2v) is 5.93. The molecule has 5 heteroatoms. The van der Waals surface area contributed by atoms with Crippen molar-refractivity contribution in [2.45, 2.75) is 17.1 Å². The Morgan fingerprint density at radius 2 is 1.95 bits per heavy atom. The van der Waals surface area contributed by atoms with Crippen molar-refractivity contribution < 1.29 is 9.53 Å². The van der Waals surface area contributed by atoms with Gasteiger partial charge in [-0.1, -0.05) is 0 Å². The van der Waals surface area contributed by atoms with Crippen LogP contribution in [-0.4, -0.2) is 49.3 Å². The molecule has 19 heavy (non-hydrogen) atoms. The van der Waals surface area contributed by atoms with Gasteiger partial charge in [0.05, 0.1) is 12.4 Å². The highest BCUT2D eigenvalue weighted by molar-refractivity contribution is 8.00. The molecular formula is C14H20N2O2S. The van der Waals surface area contributed by atoms with Gasteiger partial charge in [-0.3, -0.25) is 4.79 Å². The number of nitrogens with one attached hydrogen (secondary N) is 1. The van der Waals surface area contributed by atoms with Gasteiger partial charge in [-0.15, -0.1) is 11.8 Å². The van der Waals surface area contributed by atoms with Crippen molar-refractivity contribution in [3.8, 4) is 5.75 Å². The molecule has 1 aromatic carbocycles. The van der Waals surface area contributed by atoms with Crippen LogP contribution in [0.3, 0.4) is 0 Å². The van der Waals surface area contributed by atoms with Gasteiger partial charge in [0, 0.05) is 31.1 Å². The first kappa shape index (κ1) is 14.2. The molecule has 0 bridgehead atoms. The number of benzene rings is 1. The predicted octanol–water partition coefficient (Wildman–Crippen LogP) is 1.61. The van der Waals surface area contributed by atoms with Gasteiger partial charge in [0.2, 0.25) is 5.91 Å². The zero-order chi connectivity index (χ0) is 13.7. The van der Waals surface area contributed by atoms with E-state index in [-0.39, 0.29) is 11.2 Å². The van der Waals surface area contributed by atoms with Crippen molar-refractivity contribution in [2.24, 2.45) is 0 Å². The van der Waals surface area contributed by atoms with E-state index in [9.17, 15) is 4.79 Å². The summed E-state index contributed by atoms with van der Waals surface area (Å²) in [6, 6.07) is 7.82. The highest BCUT2D eigenvalue weighted by atomic mass is 32.2. The Hall–Kier alpha value is -1.20. The smallest absolute Gasteiger partial charge is 0.235 e. The summed E-state index contributed by atoms with van der Waals surface area (Å²) >= 11 is 1.60. The Bertz CT molecular complexity index is 416. The number of rotatable bonds is 4. The lowest BCUT2D eigenvalue weighted by Gasteiger charge is -2.29. The second kappa shape index (κ2) is 6.82. The van der Waals surface area contributed by atoms with Gasteiger partial charge in [-0.25, -0.2) is 0 Å². The zero-order valence-corrected chi connectivity index (χ0v) is 12.2. The lowest BCUT2D eigenvalue weighted by atomic mass is 10.3. The van der Waals surface area contributed by atoms with Gasteiger partial charge in [0.1, 0.15) is 5.75 Å². The average molecular weight is 280 g/mol. The third-order valence-corrected chi connectivity index (χ3v) is 4.25. The quantitative estimate of drug-likeness (QED) is 0.851. The minimum atomic E-state index is -0.0495. The number of ether oxygens (including phenoxy) is 1. The van der Waals surface area contributed by atoms with Crippen LogP contribution in [-0.2, 0) is 4.79 Å². The van der Waals surface area contributed by atoms with Crippen molar-refractivity contribution in [3.63, 3.8) is 0 Å². The molecule has 2 rings (SSSR count). The van der Waals surface area contributed by atoms with Crippen LogP contribution in [0.25, 0.3) is 0 Å². The highest BCUT2D eigenvalue weighted by Gasteiger charge is 2.22. The molecule has 0 spiro atoms. The van der Waals surface area contributed by atoms with Crippen molar-refractivity contribution in [1.82, 2.24) is 10.2 Å². The molecule has 4 nitrogen and oxygen atoms in total. The summed E-state index contributed by atoms with van der Waals surface area (Å²) in [5, 5.41) is 3.21.